The molecule has 0 aromatic heterocycles. The third-order valence-electron chi connectivity index (χ3n) is 5.79. The Hall–Kier alpha value is -3.70. The monoisotopic (exact) mass is 587 g/mol. The first-order valence-electron chi connectivity index (χ1n) is 11.7. The Morgan fingerprint density at radius 2 is 1.74 bits per heavy atom. The molecule has 4 aromatic rings. The fourth-order valence-electron chi connectivity index (χ4n) is 3.92. The van der Waals surface area contributed by atoms with Crippen molar-refractivity contribution in [3.8, 4) is 11.5 Å². The third-order valence-corrected chi connectivity index (χ3v) is 7.32. The zero-order valence-corrected chi connectivity index (χ0v) is 23.1. The molecule has 4 aromatic carbocycles. The molecule has 202 valence electrons. The Labute approximate surface area is 234 Å². The number of aryl methyl sites for hydroxylation is 1. The second kappa shape index (κ2) is 11.6. The van der Waals surface area contributed by atoms with Gasteiger partial charge >= 0.3 is 0 Å². The number of hydrogen-bond donors (Lipinski definition) is 3. The van der Waals surface area contributed by atoms with Crippen LogP contribution in [-0.4, -0.2) is 30.6 Å². The van der Waals surface area contributed by atoms with Gasteiger partial charge in [0.1, 0.15) is 16.3 Å². The summed E-state index contributed by atoms with van der Waals surface area (Å²) in [5.74, 6) is -0.896. The van der Waals surface area contributed by atoms with Crippen LogP contribution in [0.3, 0.4) is 0 Å². The van der Waals surface area contributed by atoms with Gasteiger partial charge in [-0.3, -0.25) is 9.35 Å². The second-order valence-corrected chi connectivity index (χ2v) is 10.5. The number of carbonyl (C=O) groups excluding carboxylic acids is 1. The van der Waals surface area contributed by atoms with Gasteiger partial charge in [0, 0.05) is 10.4 Å². The number of aromatic hydroxyl groups is 1. The number of carbonyl (C=O) groups is 1. The van der Waals surface area contributed by atoms with Gasteiger partial charge in [-0.15, -0.1) is 10.2 Å². The van der Waals surface area contributed by atoms with Crippen LogP contribution in [0.25, 0.3) is 10.8 Å². The van der Waals surface area contributed by atoms with Crippen molar-refractivity contribution in [3.63, 3.8) is 0 Å². The van der Waals surface area contributed by atoms with Crippen LogP contribution < -0.4 is 10.1 Å². The van der Waals surface area contributed by atoms with Crippen LogP contribution in [0.4, 0.5) is 17.1 Å². The van der Waals surface area contributed by atoms with Gasteiger partial charge in [0.2, 0.25) is 0 Å². The summed E-state index contributed by atoms with van der Waals surface area (Å²) in [6, 6.07) is 15.7. The summed E-state index contributed by atoms with van der Waals surface area (Å²) >= 11 is 12.5. The molecule has 0 fully saturated rings. The molecule has 0 aliphatic carbocycles. The van der Waals surface area contributed by atoms with Crippen LogP contribution in [0, 0.1) is 0 Å². The number of phenols is 1. The molecule has 39 heavy (non-hydrogen) atoms. The van der Waals surface area contributed by atoms with Crippen molar-refractivity contribution in [2.24, 2.45) is 10.2 Å². The van der Waals surface area contributed by atoms with Gasteiger partial charge in [0.25, 0.3) is 16.0 Å². The van der Waals surface area contributed by atoms with E-state index in [1.54, 1.807) is 56.3 Å². The zero-order valence-electron chi connectivity index (χ0n) is 20.8. The van der Waals surface area contributed by atoms with Gasteiger partial charge in [-0.1, -0.05) is 60.5 Å². The lowest BCUT2D eigenvalue weighted by Gasteiger charge is -2.14. The van der Waals surface area contributed by atoms with Gasteiger partial charge < -0.3 is 15.2 Å². The molecule has 0 bridgehead atoms. The van der Waals surface area contributed by atoms with Crippen LogP contribution in [-0.2, 0) is 16.5 Å². The molecule has 0 aliphatic heterocycles. The maximum atomic E-state index is 13.3. The SMILES string of the molecule is CCOc1c(Cl)cccc1NC(=O)c1cc2ccccc2c(N=Nc2cc(Cl)c(CC)cc2S(=O)(=O)O)c1O. The minimum absolute atomic E-state index is 0.0913. The van der Waals surface area contributed by atoms with Crippen molar-refractivity contribution >= 4 is 67.1 Å². The van der Waals surface area contributed by atoms with E-state index < -0.39 is 26.7 Å². The smallest absolute Gasteiger partial charge is 0.296 e. The number of rotatable bonds is 8. The number of nitrogens with zero attached hydrogens (tertiary/aromatic N) is 2. The van der Waals surface area contributed by atoms with Gasteiger partial charge in [0.05, 0.1) is 22.9 Å². The predicted molar refractivity (Wildman–Crippen MR) is 151 cm³/mol. The third kappa shape index (κ3) is 5.99. The molecular formula is C27H23Cl2N3O6S. The molecule has 0 atom stereocenters. The van der Waals surface area contributed by atoms with E-state index >= 15 is 0 Å². The summed E-state index contributed by atoms with van der Waals surface area (Å²) in [7, 11) is -4.67. The number of benzene rings is 4. The van der Waals surface area contributed by atoms with Crippen LogP contribution in [0.1, 0.15) is 29.8 Å². The van der Waals surface area contributed by atoms with Crippen molar-refractivity contribution in [2.45, 2.75) is 25.2 Å². The highest BCUT2D eigenvalue weighted by Crippen LogP contribution is 2.41. The first kappa shape index (κ1) is 28.3. The maximum Gasteiger partial charge on any atom is 0.296 e. The Morgan fingerprint density at radius 1 is 1.00 bits per heavy atom. The summed E-state index contributed by atoms with van der Waals surface area (Å²) in [5, 5.41) is 23.5. The van der Waals surface area contributed by atoms with E-state index in [1.807, 2.05) is 0 Å². The van der Waals surface area contributed by atoms with E-state index in [0.29, 0.717) is 40.1 Å². The second-order valence-electron chi connectivity index (χ2n) is 8.29. The average Bonchev–Trinajstić information content (AvgIpc) is 2.89. The number of para-hydroxylation sites is 1. The number of phenolic OH excluding ortho intramolecular Hbond substituents is 1. The fourth-order valence-corrected chi connectivity index (χ4v) is 5.10. The molecule has 9 nitrogen and oxygen atoms in total. The molecule has 0 spiro atoms. The lowest BCUT2D eigenvalue weighted by atomic mass is 10.0. The van der Waals surface area contributed by atoms with Gasteiger partial charge in [-0.25, -0.2) is 0 Å². The van der Waals surface area contributed by atoms with Gasteiger partial charge in [-0.05, 0) is 54.6 Å². The largest absolute Gasteiger partial charge is 0.505 e. The molecular weight excluding hydrogens is 565 g/mol. The van der Waals surface area contributed by atoms with Gasteiger partial charge in [-0.2, -0.15) is 8.42 Å². The van der Waals surface area contributed by atoms with Crippen molar-refractivity contribution < 1.29 is 27.6 Å². The predicted octanol–water partition coefficient (Wildman–Crippen LogP) is 7.73. The number of halogens is 2. The van der Waals surface area contributed by atoms with E-state index in [-0.39, 0.29) is 27.7 Å². The Balaban J connectivity index is 1.84. The molecule has 0 unspecified atom stereocenters. The standard InChI is InChI=1S/C27H23Cl2N3O6S/c1-3-15-13-23(39(35,36)37)22(14-20(15)29)31-32-24-17-9-6-5-8-16(17)12-18(25(24)33)27(34)30-21-11-7-10-19(28)26(21)38-4-2/h5-14,33H,3-4H2,1-2H3,(H,30,34)(H,35,36,37). The number of nitrogens with one attached hydrogen (secondary N) is 1. The molecule has 12 heteroatoms. The van der Waals surface area contributed by atoms with Crippen LogP contribution in [0.2, 0.25) is 10.0 Å². The Bertz CT molecular complexity index is 1720. The summed E-state index contributed by atoms with van der Waals surface area (Å²) in [4.78, 5) is 12.8. The van der Waals surface area contributed by atoms with E-state index in [4.69, 9.17) is 27.9 Å². The lowest BCUT2D eigenvalue weighted by molar-refractivity contribution is 0.102. The normalized spacial score (nSPS) is 11.7. The highest BCUT2D eigenvalue weighted by molar-refractivity contribution is 7.86. The minimum atomic E-state index is -4.67. The highest BCUT2D eigenvalue weighted by Gasteiger charge is 2.22. The molecule has 0 saturated heterocycles. The zero-order chi connectivity index (χ0) is 28.3. The number of anilines is 1. The van der Waals surface area contributed by atoms with Crippen LogP contribution >= 0.6 is 23.2 Å². The first-order valence-corrected chi connectivity index (χ1v) is 13.9. The number of azo groups is 1. The summed E-state index contributed by atoms with van der Waals surface area (Å²) in [5.41, 5.74) is 0.334. The van der Waals surface area contributed by atoms with Crippen molar-refractivity contribution in [1.29, 1.82) is 0 Å². The van der Waals surface area contributed by atoms with Crippen LogP contribution in [0.15, 0.2) is 75.8 Å². The number of fused-ring (bicyclic) bond motifs is 1. The summed E-state index contributed by atoms with van der Waals surface area (Å²) < 4.78 is 39.4. The molecule has 4 rings (SSSR count). The van der Waals surface area contributed by atoms with E-state index in [0.717, 1.165) is 0 Å². The highest BCUT2D eigenvalue weighted by atomic mass is 35.5. The minimum Gasteiger partial charge on any atom is -0.505 e. The summed E-state index contributed by atoms with van der Waals surface area (Å²) in [6.07, 6.45) is 0.416. The van der Waals surface area contributed by atoms with E-state index in [9.17, 15) is 22.9 Å². The number of ether oxygens (including phenoxy) is 1. The fraction of sp³-hybridized carbons (Fsp3) is 0.148. The Morgan fingerprint density at radius 3 is 2.44 bits per heavy atom. The van der Waals surface area contributed by atoms with E-state index in [1.165, 1.54) is 18.2 Å². The molecule has 0 heterocycles. The van der Waals surface area contributed by atoms with Gasteiger partial charge in [0.15, 0.2) is 11.5 Å². The van der Waals surface area contributed by atoms with E-state index in [2.05, 4.69) is 15.5 Å². The topological polar surface area (TPSA) is 138 Å². The maximum absolute atomic E-state index is 13.3. The number of hydrogen-bond acceptors (Lipinski definition) is 7. The quantitative estimate of drug-likeness (QED) is 0.142. The molecule has 0 radical (unpaired) electrons. The molecule has 0 saturated carbocycles. The van der Waals surface area contributed by atoms with Crippen molar-refractivity contribution in [1.82, 2.24) is 0 Å². The Kier molecular flexibility index (Phi) is 8.41. The average molecular weight is 588 g/mol. The first-order chi connectivity index (χ1) is 18.5. The molecule has 3 N–H and O–H groups in total. The molecule has 0 aliphatic rings. The van der Waals surface area contributed by atoms with Crippen LogP contribution in [0.5, 0.6) is 11.5 Å². The summed E-state index contributed by atoms with van der Waals surface area (Å²) in [6.45, 7) is 3.86. The molecule has 1 amide bonds. The van der Waals surface area contributed by atoms with Crippen molar-refractivity contribution in [3.05, 3.63) is 81.8 Å². The number of amides is 1. The van der Waals surface area contributed by atoms with Crippen molar-refractivity contribution in [2.75, 3.05) is 11.9 Å². The lowest BCUT2D eigenvalue weighted by Crippen LogP contribution is -2.13.